The highest BCUT2D eigenvalue weighted by molar-refractivity contribution is 6.07. The first kappa shape index (κ1) is 20.2. The van der Waals surface area contributed by atoms with Crippen molar-refractivity contribution in [3.63, 3.8) is 0 Å². The van der Waals surface area contributed by atoms with Crippen LogP contribution in [-0.4, -0.2) is 42.4 Å². The predicted octanol–water partition coefficient (Wildman–Crippen LogP) is 3.71. The number of carbonyl (C=O) groups excluding carboxylic acids is 2. The van der Waals surface area contributed by atoms with Gasteiger partial charge in [0.15, 0.2) is 11.5 Å². The zero-order valence-electron chi connectivity index (χ0n) is 16.9. The Morgan fingerprint density at radius 1 is 1.21 bits per heavy atom. The number of ether oxygens (including phenoxy) is 2. The normalized spacial score (nSPS) is 18.9. The number of hydrazone groups is 1. The van der Waals surface area contributed by atoms with Gasteiger partial charge in [-0.05, 0) is 48.9 Å². The highest BCUT2D eigenvalue weighted by Gasteiger charge is 2.51. The fourth-order valence-corrected chi connectivity index (χ4v) is 3.62. The fourth-order valence-electron chi connectivity index (χ4n) is 3.62. The molecule has 3 rings (SSSR count). The number of methoxy groups -OCH3 is 1. The zero-order valence-corrected chi connectivity index (χ0v) is 16.9. The number of nitrogens with zero attached hydrogens (tertiary/aromatic N) is 2. The van der Waals surface area contributed by atoms with Crippen molar-refractivity contribution in [1.29, 1.82) is 0 Å². The van der Waals surface area contributed by atoms with Gasteiger partial charge in [-0.15, -0.1) is 5.01 Å². The second kappa shape index (κ2) is 8.63. The van der Waals surface area contributed by atoms with Crippen molar-refractivity contribution in [2.75, 3.05) is 13.7 Å². The van der Waals surface area contributed by atoms with E-state index in [1.807, 2.05) is 12.1 Å². The molecular formula is C21H29N3O4. The maximum atomic E-state index is 12.7. The van der Waals surface area contributed by atoms with Crippen molar-refractivity contribution in [2.24, 2.45) is 11.0 Å². The minimum absolute atomic E-state index is 0.256. The Labute approximate surface area is 166 Å². The van der Waals surface area contributed by atoms with Gasteiger partial charge < -0.3 is 14.8 Å². The van der Waals surface area contributed by atoms with Crippen LogP contribution in [0.2, 0.25) is 0 Å². The van der Waals surface area contributed by atoms with Crippen LogP contribution in [0.3, 0.4) is 0 Å². The summed E-state index contributed by atoms with van der Waals surface area (Å²) in [5, 5.41) is 7.94. The second-order valence-corrected chi connectivity index (χ2v) is 7.88. The summed E-state index contributed by atoms with van der Waals surface area (Å²) in [6.07, 6.45) is 6.80. The molecular weight excluding hydrogens is 358 g/mol. The van der Waals surface area contributed by atoms with Crippen molar-refractivity contribution in [1.82, 2.24) is 10.3 Å². The van der Waals surface area contributed by atoms with Crippen LogP contribution in [0.5, 0.6) is 11.5 Å². The van der Waals surface area contributed by atoms with Crippen molar-refractivity contribution in [3.8, 4) is 11.5 Å². The molecule has 0 unspecified atom stereocenters. The number of rotatable bonds is 7. The smallest absolute Gasteiger partial charge is 0.346 e. The van der Waals surface area contributed by atoms with Gasteiger partial charge in [-0.2, -0.15) is 5.10 Å². The Morgan fingerprint density at radius 3 is 2.64 bits per heavy atom. The molecule has 3 amide bonds. The van der Waals surface area contributed by atoms with E-state index in [2.05, 4.69) is 24.3 Å². The number of imide groups is 1. The number of urea groups is 1. The molecule has 0 bridgehead atoms. The number of hydrogen-bond acceptors (Lipinski definition) is 5. The molecule has 7 heteroatoms. The van der Waals surface area contributed by atoms with E-state index in [9.17, 15) is 9.59 Å². The monoisotopic (exact) mass is 387 g/mol. The summed E-state index contributed by atoms with van der Waals surface area (Å²) < 4.78 is 11.2. The van der Waals surface area contributed by atoms with Crippen molar-refractivity contribution in [3.05, 3.63) is 23.8 Å². The molecule has 7 nitrogen and oxygen atoms in total. The Kier molecular flexibility index (Phi) is 6.21. The minimum atomic E-state index is -0.765. The van der Waals surface area contributed by atoms with Crippen LogP contribution in [0.1, 0.15) is 57.9 Å². The Morgan fingerprint density at radius 2 is 1.96 bits per heavy atom. The summed E-state index contributed by atoms with van der Waals surface area (Å²) >= 11 is 0. The van der Waals surface area contributed by atoms with Gasteiger partial charge in [-0.3, -0.25) is 4.79 Å². The lowest BCUT2D eigenvalue weighted by Gasteiger charge is -2.29. The van der Waals surface area contributed by atoms with Crippen LogP contribution in [-0.2, 0) is 4.79 Å². The molecule has 0 aromatic heterocycles. The molecule has 0 atom stereocenters. The Bertz CT molecular complexity index is 754. The van der Waals surface area contributed by atoms with E-state index in [1.54, 1.807) is 13.2 Å². The lowest BCUT2D eigenvalue weighted by molar-refractivity contribution is -0.132. The van der Waals surface area contributed by atoms with Crippen molar-refractivity contribution < 1.29 is 19.1 Å². The molecule has 2 fully saturated rings. The third-order valence-electron chi connectivity index (χ3n) is 5.31. The van der Waals surface area contributed by atoms with E-state index < -0.39 is 11.6 Å². The Balaban J connectivity index is 1.69. The van der Waals surface area contributed by atoms with Crippen LogP contribution in [0.15, 0.2) is 23.3 Å². The predicted molar refractivity (Wildman–Crippen MR) is 107 cm³/mol. The summed E-state index contributed by atoms with van der Waals surface area (Å²) in [5.41, 5.74) is -0.0448. The Hall–Kier alpha value is -2.57. The molecule has 1 N–H and O–H groups in total. The number of nitrogens with one attached hydrogen (secondary N) is 1. The molecule has 0 radical (unpaired) electrons. The van der Waals surface area contributed by atoms with Crippen LogP contribution in [0, 0.1) is 5.92 Å². The quantitative estimate of drug-likeness (QED) is 0.571. The van der Waals surface area contributed by atoms with Crippen LogP contribution in [0.4, 0.5) is 4.79 Å². The standard InChI is InChI=1S/C21H29N3O4/c1-15(2)9-12-28-17-8-7-16(13-18(17)27-3)14-22-24-19(25)21(23-20(24)26)10-5-4-6-11-21/h7-8,13-15H,4-6,9-12H2,1-3H3,(H,23,26)/b22-14+. The number of amides is 3. The van der Waals surface area contributed by atoms with Crippen LogP contribution >= 0.6 is 0 Å². The summed E-state index contributed by atoms with van der Waals surface area (Å²) in [6.45, 7) is 4.91. The third-order valence-corrected chi connectivity index (χ3v) is 5.31. The van der Waals surface area contributed by atoms with Gasteiger partial charge in [-0.25, -0.2) is 4.79 Å². The summed E-state index contributed by atoms with van der Waals surface area (Å²) in [7, 11) is 1.58. The van der Waals surface area contributed by atoms with Gasteiger partial charge in [0, 0.05) is 0 Å². The molecule has 1 spiro atoms. The number of carbonyl (C=O) groups is 2. The van der Waals surface area contributed by atoms with Crippen molar-refractivity contribution in [2.45, 2.75) is 57.9 Å². The highest BCUT2D eigenvalue weighted by Crippen LogP contribution is 2.34. The van der Waals surface area contributed by atoms with Crippen molar-refractivity contribution >= 4 is 18.2 Å². The van der Waals surface area contributed by atoms with Crippen LogP contribution in [0.25, 0.3) is 0 Å². The van der Waals surface area contributed by atoms with Crippen LogP contribution < -0.4 is 14.8 Å². The molecule has 1 heterocycles. The molecule has 1 saturated carbocycles. The average molecular weight is 387 g/mol. The topological polar surface area (TPSA) is 80.2 Å². The molecule has 1 saturated heterocycles. The summed E-state index contributed by atoms with van der Waals surface area (Å²) in [5.74, 6) is 1.56. The van der Waals surface area contributed by atoms with Gasteiger partial charge in [0.05, 0.1) is 19.9 Å². The first-order chi connectivity index (χ1) is 13.4. The second-order valence-electron chi connectivity index (χ2n) is 7.88. The molecule has 152 valence electrons. The number of hydrogen-bond donors (Lipinski definition) is 1. The maximum absolute atomic E-state index is 12.7. The molecule has 1 aliphatic carbocycles. The first-order valence-corrected chi connectivity index (χ1v) is 9.97. The van der Waals surface area contributed by atoms with Gasteiger partial charge in [0.2, 0.25) is 0 Å². The fraction of sp³-hybridized carbons (Fsp3) is 0.571. The van der Waals surface area contributed by atoms with Gasteiger partial charge >= 0.3 is 6.03 Å². The molecule has 28 heavy (non-hydrogen) atoms. The zero-order chi connectivity index (χ0) is 20.1. The summed E-state index contributed by atoms with van der Waals surface area (Å²) in [4.78, 5) is 25.0. The van der Waals surface area contributed by atoms with E-state index in [0.717, 1.165) is 36.3 Å². The van der Waals surface area contributed by atoms with E-state index in [-0.39, 0.29) is 5.91 Å². The van der Waals surface area contributed by atoms with E-state index >= 15 is 0 Å². The largest absolute Gasteiger partial charge is 0.493 e. The number of benzene rings is 1. The van der Waals surface area contributed by atoms with Gasteiger partial charge in [-0.1, -0.05) is 33.1 Å². The molecule has 1 aliphatic heterocycles. The third kappa shape index (κ3) is 4.29. The van der Waals surface area contributed by atoms with E-state index in [4.69, 9.17) is 9.47 Å². The average Bonchev–Trinajstić information content (AvgIpc) is 2.90. The highest BCUT2D eigenvalue weighted by atomic mass is 16.5. The minimum Gasteiger partial charge on any atom is -0.493 e. The first-order valence-electron chi connectivity index (χ1n) is 9.97. The molecule has 1 aromatic rings. The maximum Gasteiger partial charge on any atom is 0.346 e. The summed E-state index contributed by atoms with van der Waals surface area (Å²) in [6, 6.07) is 4.97. The molecule has 1 aromatic carbocycles. The van der Waals surface area contributed by atoms with E-state index in [0.29, 0.717) is 36.9 Å². The molecule has 2 aliphatic rings. The van der Waals surface area contributed by atoms with E-state index in [1.165, 1.54) is 6.21 Å². The lowest BCUT2D eigenvalue weighted by Crippen LogP contribution is -2.48. The van der Waals surface area contributed by atoms with Gasteiger partial charge in [0.1, 0.15) is 5.54 Å². The lowest BCUT2D eigenvalue weighted by atomic mass is 9.82. The SMILES string of the molecule is COc1cc(/C=N/N2C(=O)NC3(CCCCC3)C2=O)ccc1OCCC(C)C. The van der Waals surface area contributed by atoms with Gasteiger partial charge in [0.25, 0.3) is 5.91 Å².